The fourth-order valence-electron chi connectivity index (χ4n) is 2.28. The Bertz CT molecular complexity index is 599. The number of para-hydroxylation sites is 1. The van der Waals surface area contributed by atoms with E-state index in [9.17, 15) is 8.78 Å². The van der Waals surface area contributed by atoms with E-state index in [4.69, 9.17) is 0 Å². The molecule has 112 valence electrons. The van der Waals surface area contributed by atoms with Gasteiger partial charge in [0.25, 0.3) is 0 Å². The zero-order chi connectivity index (χ0) is 15.2. The number of rotatable bonds is 6. The van der Waals surface area contributed by atoms with Crippen LogP contribution >= 0.6 is 0 Å². The summed E-state index contributed by atoms with van der Waals surface area (Å²) >= 11 is 0. The molecule has 0 unspecified atom stereocenters. The summed E-state index contributed by atoms with van der Waals surface area (Å²) in [4.78, 5) is 1.68. The van der Waals surface area contributed by atoms with Crippen molar-refractivity contribution in [3.63, 3.8) is 0 Å². The standard InChI is InChI=1S/C17H20F2N2/c1-3-11-20-12-13-14(18)8-6-10-16(13)21(2)17-9-5-4-7-15(17)19/h4-10,20H,3,11-12H2,1-2H3. The van der Waals surface area contributed by atoms with E-state index in [1.807, 2.05) is 0 Å². The molecule has 0 radical (unpaired) electrons. The molecule has 0 saturated heterocycles. The molecule has 0 amide bonds. The van der Waals surface area contributed by atoms with Gasteiger partial charge in [-0.05, 0) is 37.2 Å². The first kappa shape index (κ1) is 15.4. The van der Waals surface area contributed by atoms with E-state index in [2.05, 4.69) is 12.2 Å². The molecule has 0 heterocycles. The Morgan fingerprint density at radius 1 is 0.952 bits per heavy atom. The average Bonchev–Trinajstić information content (AvgIpc) is 2.49. The lowest BCUT2D eigenvalue weighted by molar-refractivity contribution is 0.586. The number of halogens is 2. The van der Waals surface area contributed by atoms with Gasteiger partial charge in [-0.25, -0.2) is 8.78 Å². The second-order valence-corrected chi connectivity index (χ2v) is 4.92. The maximum Gasteiger partial charge on any atom is 0.146 e. The van der Waals surface area contributed by atoms with Crippen LogP contribution in [0, 0.1) is 11.6 Å². The molecule has 0 aliphatic heterocycles. The maximum atomic E-state index is 14.1. The maximum absolute atomic E-state index is 14.1. The van der Waals surface area contributed by atoms with Crippen molar-refractivity contribution in [2.75, 3.05) is 18.5 Å². The lowest BCUT2D eigenvalue weighted by atomic mass is 10.1. The van der Waals surface area contributed by atoms with Crippen LogP contribution in [0.1, 0.15) is 18.9 Å². The molecule has 2 nitrogen and oxygen atoms in total. The molecule has 0 fully saturated rings. The Kier molecular flexibility index (Phi) is 5.28. The number of nitrogens with one attached hydrogen (secondary N) is 1. The Morgan fingerprint density at radius 3 is 2.33 bits per heavy atom. The van der Waals surface area contributed by atoms with Crippen LogP contribution in [0.15, 0.2) is 42.5 Å². The third-order valence-electron chi connectivity index (χ3n) is 3.40. The van der Waals surface area contributed by atoms with E-state index in [1.165, 1.54) is 12.1 Å². The summed E-state index contributed by atoms with van der Waals surface area (Å²) in [5.74, 6) is -0.601. The molecule has 0 saturated carbocycles. The van der Waals surface area contributed by atoms with Gasteiger partial charge in [-0.2, -0.15) is 0 Å². The topological polar surface area (TPSA) is 15.3 Å². The van der Waals surface area contributed by atoms with Crippen molar-refractivity contribution in [3.05, 3.63) is 59.7 Å². The molecule has 2 rings (SSSR count). The third kappa shape index (κ3) is 3.58. The number of benzene rings is 2. The van der Waals surface area contributed by atoms with Crippen molar-refractivity contribution in [1.29, 1.82) is 0 Å². The monoisotopic (exact) mass is 290 g/mol. The van der Waals surface area contributed by atoms with Gasteiger partial charge in [0.05, 0.1) is 5.69 Å². The van der Waals surface area contributed by atoms with Crippen molar-refractivity contribution in [1.82, 2.24) is 5.32 Å². The van der Waals surface area contributed by atoms with E-state index in [-0.39, 0.29) is 11.6 Å². The summed E-state index contributed by atoms with van der Waals surface area (Å²) in [5, 5.41) is 3.19. The zero-order valence-electron chi connectivity index (χ0n) is 12.4. The van der Waals surface area contributed by atoms with E-state index >= 15 is 0 Å². The molecular formula is C17H20F2N2. The fourth-order valence-corrected chi connectivity index (χ4v) is 2.28. The van der Waals surface area contributed by atoms with Gasteiger partial charge >= 0.3 is 0 Å². The quantitative estimate of drug-likeness (QED) is 0.801. The van der Waals surface area contributed by atoms with Crippen LogP contribution in [-0.4, -0.2) is 13.6 Å². The molecule has 0 spiro atoms. The van der Waals surface area contributed by atoms with Gasteiger partial charge in [-0.15, -0.1) is 0 Å². The van der Waals surface area contributed by atoms with Crippen molar-refractivity contribution >= 4 is 11.4 Å². The van der Waals surface area contributed by atoms with E-state index in [0.717, 1.165) is 13.0 Å². The molecule has 4 heteroatoms. The molecule has 0 atom stereocenters. The lowest BCUT2D eigenvalue weighted by Crippen LogP contribution is -2.19. The first-order valence-corrected chi connectivity index (χ1v) is 7.11. The molecule has 2 aromatic carbocycles. The number of nitrogens with zero attached hydrogens (tertiary/aromatic N) is 1. The normalized spacial score (nSPS) is 10.7. The molecule has 0 aliphatic carbocycles. The third-order valence-corrected chi connectivity index (χ3v) is 3.40. The van der Waals surface area contributed by atoms with Crippen LogP contribution in [-0.2, 0) is 6.54 Å². The van der Waals surface area contributed by atoms with Gasteiger partial charge < -0.3 is 10.2 Å². The van der Waals surface area contributed by atoms with E-state index in [1.54, 1.807) is 42.3 Å². The Hall–Kier alpha value is -1.94. The predicted octanol–water partition coefficient (Wildman–Crippen LogP) is 4.23. The average molecular weight is 290 g/mol. The first-order valence-electron chi connectivity index (χ1n) is 7.11. The van der Waals surface area contributed by atoms with Gasteiger partial charge in [0.15, 0.2) is 0 Å². The molecule has 2 aromatic rings. The number of hydrogen-bond acceptors (Lipinski definition) is 2. The summed E-state index contributed by atoms with van der Waals surface area (Å²) in [6.07, 6.45) is 0.979. The highest BCUT2D eigenvalue weighted by Crippen LogP contribution is 2.30. The Balaban J connectivity index is 2.34. The van der Waals surface area contributed by atoms with Crippen molar-refractivity contribution in [3.8, 4) is 0 Å². The Labute approximate surface area is 124 Å². The van der Waals surface area contributed by atoms with E-state index < -0.39 is 0 Å². The minimum Gasteiger partial charge on any atom is -0.342 e. The van der Waals surface area contributed by atoms with Crippen LogP contribution in [0.5, 0.6) is 0 Å². The number of hydrogen-bond donors (Lipinski definition) is 1. The molecule has 0 aromatic heterocycles. The smallest absolute Gasteiger partial charge is 0.146 e. The van der Waals surface area contributed by atoms with Gasteiger partial charge in [0, 0.05) is 24.8 Å². The van der Waals surface area contributed by atoms with Crippen molar-refractivity contribution in [2.45, 2.75) is 19.9 Å². The van der Waals surface area contributed by atoms with Gasteiger partial charge in [-0.3, -0.25) is 0 Å². The van der Waals surface area contributed by atoms with Crippen molar-refractivity contribution < 1.29 is 8.78 Å². The minimum atomic E-state index is -0.322. The summed E-state index contributed by atoms with van der Waals surface area (Å²) in [6, 6.07) is 11.4. The summed E-state index contributed by atoms with van der Waals surface area (Å²) < 4.78 is 28.0. The molecule has 0 aliphatic rings. The van der Waals surface area contributed by atoms with Gasteiger partial charge in [0.2, 0.25) is 0 Å². The highest BCUT2D eigenvalue weighted by Gasteiger charge is 2.15. The van der Waals surface area contributed by atoms with Crippen LogP contribution in [0.2, 0.25) is 0 Å². The van der Waals surface area contributed by atoms with Crippen LogP contribution in [0.25, 0.3) is 0 Å². The second-order valence-electron chi connectivity index (χ2n) is 4.92. The predicted molar refractivity (Wildman–Crippen MR) is 82.9 cm³/mol. The minimum absolute atomic E-state index is 0.278. The first-order chi connectivity index (χ1) is 10.1. The summed E-state index contributed by atoms with van der Waals surface area (Å²) in [5.41, 5.74) is 1.65. The summed E-state index contributed by atoms with van der Waals surface area (Å²) in [6.45, 7) is 3.30. The Morgan fingerprint density at radius 2 is 1.62 bits per heavy atom. The molecule has 21 heavy (non-hydrogen) atoms. The number of anilines is 2. The molecule has 0 bridgehead atoms. The van der Waals surface area contributed by atoms with Crippen molar-refractivity contribution in [2.24, 2.45) is 0 Å². The van der Waals surface area contributed by atoms with Crippen LogP contribution in [0.4, 0.5) is 20.2 Å². The highest BCUT2D eigenvalue weighted by atomic mass is 19.1. The van der Waals surface area contributed by atoms with Crippen LogP contribution < -0.4 is 10.2 Å². The van der Waals surface area contributed by atoms with Gasteiger partial charge in [-0.1, -0.05) is 25.1 Å². The van der Waals surface area contributed by atoms with Crippen LogP contribution in [0.3, 0.4) is 0 Å². The highest BCUT2D eigenvalue weighted by molar-refractivity contribution is 5.66. The summed E-state index contributed by atoms with van der Waals surface area (Å²) in [7, 11) is 1.75. The second kappa shape index (κ2) is 7.18. The largest absolute Gasteiger partial charge is 0.342 e. The fraction of sp³-hybridized carbons (Fsp3) is 0.294. The molecular weight excluding hydrogens is 270 g/mol. The SMILES string of the molecule is CCCNCc1c(F)cccc1N(C)c1ccccc1F. The lowest BCUT2D eigenvalue weighted by Gasteiger charge is -2.23. The van der Waals surface area contributed by atoms with E-state index in [0.29, 0.717) is 23.5 Å². The van der Waals surface area contributed by atoms with Gasteiger partial charge in [0.1, 0.15) is 11.6 Å². The zero-order valence-corrected chi connectivity index (χ0v) is 12.4. The molecule has 1 N–H and O–H groups in total.